The Labute approximate surface area is 142 Å². The van der Waals surface area contributed by atoms with Crippen LogP contribution in [0.15, 0.2) is 51.4 Å². The molecule has 0 aliphatic rings. The lowest BCUT2D eigenvalue weighted by Crippen LogP contribution is -1.91. The van der Waals surface area contributed by atoms with Gasteiger partial charge in [-0.2, -0.15) is 0 Å². The van der Waals surface area contributed by atoms with Gasteiger partial charge in [-0.05, 0) is 26.0 Å². The summed E-state index contributed by atoms with van der Waals surface area (Å²) in [6, 6.07) is 6.38. The zero-order valence-electron chi connectivity index (χ0n) is 12.7. The van der Waals surface area contributed by atoms with Crippen molar-refractivity contribution in [3.63, 3.8) is 0 Å². The summed E-state index contributed by atoms with van der Waals surface area (Å²) in [5, 5.41) is 3.00. The Morgan fingerprint density at radius 1 is 1.09 bits per heavy atom. The van der Waals surface area contributed by atoms with E-state index in [0.717, 1.165) is 31.7 Å². The lowest BCUT2D eigenvalue weighted by Gasteiger charge is -2.04. The highest BCUT2D eigenvalue weighted by molar-refractivity contribution is 8.01. The number of hydrogen-bond acceptors (Lipinski definition) is 5. The quantitative estimate of drug-likeness (QED) is 0.580. The molecule has 4 nitrogen and oxygen atoms in total. The summed E-state index contributed by atoms with van der Waals surface area (Å²) in [5.74, 6) is 0.747. The molecule has 1 N–H and O–H groups in total. The number of rotatable bonds is 3. The van der Waals surface area contributed by atoms with Gasteiger partial charge < -0.3 is 4.98 Å². The van der Waals surface area contributed by atoms with E-state index in [9.17, 15) is 0 Å². The maximum absolute atomic E-state index is 4.68. The Kier molecular flexibility index (Phi) is 3.63. The van der Waals surface area contributed by atoms with Crippen molar-refractivity contribution in [3.05, 3.63) is 53.3 Å². The van der Waals surface area contributed by atoms with E-state index in [1.807, 2.05) is 24.0 Å². The number of nitrogens with one attached hydrogen (secondary N) is 1. The summed E-state index contributed by atoms with van der Waals surface area (Å²) in [4.78, 5) is 17.9. The molecule has 0 spiro atoms. The fourth-order valence-electron chi connectivity index (χ4n) is 2.57. The average molecular weight is 338 g/mol. The van der Waals surface area contributed by atoms with E-state index in [-0.39, 0.29) is 0 Å². The number of aromatic amines is 1. The van der Waals surface area contributed by atoms with Crippen molar-refractivity contribution in [2.45, 2.75) is 23.1 Å². The Bertz CT molecular complexity index is 953. The van der Waals surface area contributed by atoms with E-state index >= 15 is 0 Å². The SMILES string of the molecule is Cc1cc(C)cc(-c2ncc3c(Sc4nccs4)c[nH]c3n2)c1. The molecule has 1 aromatic carbocycles. The smallest absolute Gasteiger partial charge is 0.161 e. The van der Waals surface area contributed by atoms with Crippen LogP contribution < -0.4 is 0 Å². The predicted octanol–water partition coefficient (Wildman–Crippen LogP) is 4.85. The van der Waals surface area contributed by atoms with Crippen molar-refractivity contribution in [1.29, 1.82) is 0 Å². The average Bonchev–Trinajstić information content (AvgIpc) is 3.16. The van der Waals surface area contributed by atoms with Crippen LogP contribution in [-0.2, 0) is 0 Å². The Morgan fingerprint density at radius 3 is 2.65 bits per heavy atom. The minimum Gasteiger partial charge on any atom is -0.345 e. The molecule has 0 bridgehead atoms. The molecule has 4 rings (SSSR count). The van der Waals surface area contributed by atoms with Crippen LogP contribution in [0.3, 0.4) is 0 Å². The number of H-pyrrole nitrogens is 1. The van der Waals surface area contributed by atoms with Gasteiger partial charge in [0, 0.05) is 34.4 Å². The van der Waals surface area contributed by atoms with Crippen LogP contribution in [0.25, 0.3) is 22.4 Å². The maximum atomic E-state index is 4.68. The second-order valence-electron chi connectivity index (χ2n) is 5.39. The van der Waals surface area contributed by atoms with E-state index in [0.29, 0.717) is 0 Å². The first-order valence-corrected chi connectivity index (χ1v) is 8.89. The van der Waals surface area contributed by atoms with Crippen LogP contribution in [0, 0.1) is 13.8 Å². The third kappa shape index (κ3) is 2.87. The molecule has 6 heteroatoms. The first kappa shape index (κ1) is 14.4. The molecule has 0 saturated carbocycles. The fourth-order valence-corrected chi connectivity index (χ4v) is 4.23. The number of nitrogens with zero attached hydrogens (tertiary/aromatic N) is 3. The predicted molar refractivity (Wildman–Crippen MR) is 95.0 cm³/mol. The lowest BCUT2D eigenvalue weighted by molar-refractivity contribution is 1.20. The molecule has 3 aromatic heterocycles. The van der Waals surface area contributed by atoms with Gasteiger partial charge in [-0.15, -0.1) is 11.3 Å². The molecule has 0 amide bonds. The van der Waals surface area contributed by atoms with Gasteiger partial charge in [0.2, 0.25) is 0 Å². The summed E-state index contributed by atoms with van der Waals surface area (Å²) in [7, 11) is 0. The van der Waals surface area contributed by atoms with Gasteiger partial charge in [-0.1, -0.05) is 29.0 Å². The largest absolute Gasteiger partial charge is 0.345 e. The van der Waals surface area contributed by atoms with Crippen molar-refractivity contribution in [3.8, 4) is 11.4 Å². The Hall–Kier alpha value is -2.18. The number of hydrogen-bond donors (Lipinski definition) is 1. The minimum atomic E-state index is 0.747. The number of thiazole rings is 1. The summed E-state index contributed by atoms with van der Waals surface area (Å²) in [6.07, 6.45) is 5.68. The van der Waals surface area contributed by atoms with E-state index < -0.39 is 0 Å². The maximum Gasteiger partial charge on any atom is 0.161 e. The van der Waals surface area contributed by atoms with Crippen LogP contribution in [-0.4, -0.2) is 19.9 Å². The van der Waals surface area contributed by atoms with Crippen molar-refractivity contribution in [2.24, 2.45) is 0 Å². The molecule has 4 aromatic rings. The molecule has 0 saturated heterocycles. The summed E-state index contributed by atoms with van der Waals surface area (Å²) >= 11 is 3.26. The van der Waals surface area contributed by atoms with Gasteiger partial charge in [-0.3, -0.25) is 0 Å². The van der Waals surface area contributed by atoms with E-state index in [1.54, 1.807) is 23.1 Å². The zero-order chi connectivity index (χ0) is 15.8. The molecule has 0 fully saturated rings. The van der Waals surface area contributed by atoms with Crippen molar-refractivity contribution >= 4 is 34.1 Å². The van der Waals surface area contributed by atoms with Crippen LogP contribution in [0.4, 0.5) is 0 Å². The molecule has 0 unspecified atom stereocenters. The molecule has 0 atom stereocenters. The van der Waals surface area contributed by atoms with Gasteiger partial charge in [0.15, 0.2) is 10.2 Å². The van der Waals surface area contributed by atoms with Gasteiger partial charge >= 0.3 is 0 Å². The van der Waals surface area contributed by atoms with Crippen LogP contribution in [0.5, 0.6) is 0 Å². The Morgan fingerprint density at radius 2 is 1.91 bits per heavy atom. The van der Waals surface area contributed by atoms with Crippen LogP contribution in [0.1, 0.15) is 11.1 Å². The fraction of sp³-hybridized carbons (Fsp3) is 0.118. The first-order valence-electron chi connectivity index (χ1n) is 7.19. The van der Waals surface area contributed by atoms with E-state index in [4.69, 9.17) is 0 Å². The minimum absolute atomic E-state index is 0.747. The lowest BCUT2D eigenvalue weighted by atomic mass is 10.1. The van der Waals surface area contributed by atoms with Crippen molar-refractivity contribution in [2.75, 3.05) is 0 Å². The molecule has 0 aliphatic carbocycles. The second kappa shape index (κ2) is 5.79. The topological polar surface area (TPSA) is 54.5 Å². The normalized spacial score (nSPS) is 11.2. The third-order valence-corrected chi connectivity index (χ3v) is 5.42. The van der Waals surface area contributed by atoms with Gasteiger partial charge in [0.05, 0.1) is 5.39 Å². The molecular formula is C17H14N4S2. The second-order valence-corrected chi connectivity index (χ2v) is 7.57. The van der Waals surface area contributed by atoms with Crippen LogP contribution in [0.2, 0.25) is 0 Å². The summed E-state index contributed by atoms with van der Waals surface area (Å²) < 4.78 is 1.02. The molecule has 0 radical (unpaired) electrons. The number of benzene rings is 1. The zero-order valence-corrected chi connectivity index (χ0v) is 14.3. The van der Waals surface area contributed by atoms with Crippen molar-refractivity contribution in [1.82, 2.24) is 19.9 Å². The molecular weight excluding hydrogens is 324 g/mol. The van der Waals surface area contributed by atoms with Gasteiger partial charge in [0.25, 0.3) is 0 Å². The molecule has 114 valence electrons. The molecule has 0 aliphatic heterocycles. The summed E-state index contributed by atoms with van der Waals surface area (Å²) in [6.45, 7) is 4.18. The molecule has 3 heterocycles. The highest BCUT2D eigenvalue weighted by Gasteiger charge is 2.11. The Balaban J connectivity index is 1.74. The van der Waals surface area contributed by atoms with Gasteiger partial charge in [0.1, 0.15) is 5.65 Å². The standard InChI is InChI=1S/C17H14N4S2/c1-10-5-11(2)7-12(6-10)15-19-8-13-14(9-20-16(13)21-15)23-17-18-3-4-22-17/h3-9H,1-2H3,(H,19,20,21). The van der Waals surface area contributed by atoms with E-state index in [1.165, 1.54) is 11.1 Å². The number of aryl methyl sites for hydroxylation is 2. The van der Waals surface area contributed by atoms with Gasteiger partial charge in [-0.25, -0.2) is 15.0 Å². The number of fused-ring (bicyclic) bond motifs is 1. The highest BCUT2D eigenvalue weighted by atomic mass is 32.2. The third-order valence-electron chi connectivity index (χ3n) is 3.48. The van der Waals surface area contributed by atoms with Crippen molar-refractivity contribution < 1.29 is 0 Å². The summed E-state index contributed by atoms with van der Waals surface area (Å²) in [5.41, 5.74) is 4.34. The highest BCUT2D eigenvalue weighted by Crippen LogP contribution is 2.34. The number of aromatic nitrogens is 4. The molecule has 23 heavy (non-hydrogen) atoms. The monoisotopic (exact) mass is 338 g/mol. The van der Waals surface area contributed by atoms with Crippen LogP contribution >= 0.6 is 23.1 Å². The first-order chi connectivity index (χ1) is 11.2. The van der Waals surface area contributed by atoms with E-state index in [2.05, 4.69) is 52.0 Å².